The number of hydrogen-bond donors (Lipinski definition) is 1. The summed E-state index contributed by atoms with van der Waals surface area (Å²) in [4.78, 5) is 5.24. The van der Waals surface area contributed by atoms with Crippen molar-refractivity contribution in [2.45, 2.75) is 50.6 Å². The van der Waals surface area contributed by atoms with Crippen LogP contribution in [0.25, 0.3) is 16.9 Å². The molecule has 0 atom stereocenters. The molecule has 1 N–H and O–H groups in total. The van der Waals surface area contributed by atoms with Gasteiger partial charge in [0.15, 0.2) is 0 Å². The number of hydrogen-bond acceptors (Lipinski definition) is 4. The minimum absolute atomic E-state index is 0.306. The summed E-state index contributed by atoms with van der Waals surface area (Å²) in [5, 5.41) is 8.77. The van der Waals surface area contributed by atoms with Crippen LogP contribution in [0.1, 0.15) is 66.4 Å². The van der Waals surface area contributed by atoms with Crippen LogP contribution in [0.2, 0.25) is 0 Å². The Hall–Kier alpha value is -4.03. The SMILES string of the molecule is c1ccc(C(c2ccccc2)N2CCN(CCNCc3cc(-c4ccc(C5CCCCC5)cc4)n(-c4ccccc4)n3)CC2)cc1. The van der Waals surface area contributed by atoms with Crippen molar-refractivity contribution in [1.82, 2.24) is 24.9 Å². The highest BCUT2D eigenvalue weighted by molar-refractivity contribution is 5.63. The summed E-state index contributed by atoms with van der Waals surface area (Å²) in [6, 6.07) is 44.4. The standard InChI is InChI=1S/C41H47N5/c1-5-13-33(14-6-1)34-21-23-35(24-22-34)40-31-38(43-46(40)39-19-11-4-12-20-39)32-42-25-26-44-27-29-45(30-28-44)41(36-15-7-2-8-16-36)37-17-9-3-10-18-37/h2-4,7-12,15-24,31,33,41-42H,1,5-6,13-14,25-30,32H2. The lowest BCUT2D eigenvalue weighted by atomic mass is 9.84. The Morgan fingerprint density at radius 1 is 0.674 bits per heavy atom. The molecule has 1 saturated carbocycles. The topological polar surface area (TPSA) is 36.3 Å². The van der Waals surface area contributed by atoms with Gasteiger partial charge in [-0.2, -0.15) is 5.10 Å². The first-order valence-electron chi connectivity index (χ1n) is 17.3. The average molecular weight is 610 g/mol. The Kier molecular flexibility index (Phi) is 10.0. The van der Waals surface area contributed by atoms with E-state index in [0.29, 0.717) is 6.04 Å². The highest BCUT2D eigenvalue weighted by Gasteiger charge is 2.26. The zero-order valence-corrected chi connectivity index (χ0v) is 27.0. The molecule has 0 amide bonds. The van der Waals surface area contributed by atoms with Gasteiger partial charge in [-0.3, -0.25) is 9.80 Å². The maximum absolute atomic E-state index is 5.07. The molecule has 236 valence electrons. The normalized spacial score (nSPS) is 16.6. The Balaban J connectivity index is 0.959. The monoisotopic (exact) mass is 609 g/mol. The lowest BCUT2D eigenvalue weighted by Gasteiger charge is -2.39. The highest BCUT2D eigenvalue weighted by atomic mass is 15.3. The van der Waals surface area contributed by atoms with Crippen LogP contribution in [-0.4, -0.2) is 58.8 Å². The second kappa shape index (κ2) is 15.0. The third-order valence-corrected chi connectivity index (χ3v) is 9.96. The fraction of sp³-hybridized carbons (Fsp3) is 0.341. The van der Waals surface area contributed by atoms with E-state index in [4.69, 9.17) is 5.10 Å². The second-order valence-corrected chi connectivity index (χ2v) is 13.0. The molecule has 2 heterocycles. The number of nitrogens with one attached hydrogen (secondary N) is 1. The average Bonchev–Trinajstić information content (AvgIpc) is 3.57. The summed E-state index contributed by atoms with van der Waals surface area (Å²) in [5.41, 5.74) is 8.80. The molecule has 1 saturated heterocycles. The predicted octanol–water partition coefficient (Wildman–Crippen LogP) is 8.08. The molecule has 0 radical (unpaired) electrons. The van der Waals surface area contributed by atoms with Crippen molar-refractivity contribution < 1.29 is 0 Å². The van der Waals surface area contributed by atoms with E-state index in [1.165, 1.54) is 54.4 Å². The number of piperazine rings is 1. The maximum Gasteiger partial charge on any atom is 0.0773 e. The minimum atomic E-state index is 0.306. The van der Waals surface area contributed by atoms with Gasteiger partial charge in [-0.15, -0.1) is 0 Å². The molecule has 5 heteroatoms. The Labute approximate surface area is 274 Å². The highest BCUT2D eigenvalue weighted by Crippen LogP contribution is 2.34. The van der Waals surface area contributed by atoms with E-state index in [9.17, 15) is 0 Å². The Morgan fingerprint density at radius 2 is 1.28 bits per heavy atom. The number of rotatable bonds is 11. The van der Waals surface area contributed by atoms with E-state index in [-0.39, 0.29) is 0 Å². The number of para-hydroxylation sites is 1. The zero-order valence-electron chi connectivity index (χ0n) is 27.0. The van der Waals surface area contributed by atoms with Crippen molar-refractivity contribution in [2.75, 3.05) is 39.3 Å². The maximum atomic E-state index is 5.07. The molecule has 1 aliphatic carbocycles. The van der Waals surface area contributed by atoms with Crippen LogP contribution in [0, 0.1) is 0 Å². The first kappa shape index (κ1) is 30.6. The van der Waals surface area contributed by atoms with Crippen LogP contribution in [-0.2, 0) is 6.54 Å². The molecular weight excluding hydrogens is 562 g/mol. The van der Waals surface area contributed by atoms with Crippen LogP contribution in [0.4, 0.5) is 0 Å². The molecule has 0 unspecified atom stereocenters. The van der Waals surface area contributed by atoms with Gasteiger partial charge in [-0.05, 0) is 53.6 Å². The van der Waals surface area contributed by atoms with Gasteiger partial charge in [0.2, 0.25) is 0 Å². The molecule has 2 fully saturated rings. The van der Waals surface area contributed by atoms with E-state index in [2.05, 4.69) is 141 Å². The molecule has 2 aliphatic rings. The lowest BCUT2D eigenvalue weighted by molar-refractivity contribution is 0.110. The number of benzene rings is 4. The Morgan fingerprint density at radius 3 is 1.91 bits per heavy atom. The molecule has 5 nitrogen and oxygen atoms in total. The number of nitrogens with zero attached hydrogens (tertiary/aromatic N) is 4. The molecule has 7 rings (SSSR count). The molecule has 1 aromatic heterocycles. The quantitative estimate of drug-likeness (QED) is 0.154. The van der Waals surface area contributed by atoms with Crippen molar-refractivity contribution in [3.05, 3.63) is 144 Å². The molecule has 5 aromatic rings. The van der Waals surface area contributed by atoms with Crippen molar-refractivity contribution >= 4 is 0 Å². The fourth-order valence-corrected chi connectivity index (χ4v) is 7.43. The summed E-state index contributed by atoms with van der Waals surface area (Å²) in [5.74, 6) is 0.721. The molecule has 0 spiro atoms. The predicted molar refractivity (Wildman–Crippen MR) is 189 cm³/mol. The van der Waals surface area contributed by atoms with Crippen LogP contribution in [0.3, 0.4) is 0 Å². The lowest BCUT2D eigenvalue weighted by Crippen LogP contribution is -2.49. The van der Waals surface area contributed by atoms with Gasteiger partial charge >= 0.3 is 0 Å². The molecule has 1 aliphatic heterocycles. The summed E-state index contributed by atoms with van der Waals surface area (Å²) in [6.07, 6.45) is 6.77. The molecule has 4 aromatic carbocycles. The first-order valence-corrected chi connectivity index (χ1v) is 17.3. The zero-order chi connectivity index (χ0) is 31.0. The van der Waals surface area contributed by atoms with E-state index >= 15 is 0 Å². The van der Waals surface area contributed by atoms with Crippen LogP contribution in [0.15, 0.2) is 121 Å². The second-order valence-electron chi connectivity index (χ2n) is 13.0. The van der Waals surface area contributed by atoms with Crippen molar-refractivity contribution in [2.24, 2.45) is 0 Å². The molecular formula is C41H47N5. The van der Waals surface area contributed by atoms with E-state index in [1.807, 2.05) is 0 Å². The van der Waals surface area contributed by atoms with Gasteiger partial charge in [-0.1, -0.05) is 122 Å². The van der Waals surface area contributed by atoms with E-state index in [0.717, 1.165) is 68.8 Å². The fourth-order valence-electron chi connectivity index (χ4n) is 7.43. The third kappa shape index (κ3) is 7.33. The van der Waals surface area contributed by atoms with Gasteiger partial charge in [0.05, 0.1) is 23.1 Å². The van der Waals surface area contributed by atoms with E-state index in [1.54, 1.807) is 0 Å². The summed E-state index contributed by atoms with van der Waals surface area (Å²) < 4.78 is 2.11. The van der Waals surface area contributed by atoms with Crippen molar-refractivity contribution in [1.29, 1.82) is 0 Å². The smallest absolute Gasteiger partial charge is 0.0773 e. The van der Waals surface area contributed by atoms with Crippen molar-refractivity contribution in [3.8, 4) is 16.9 Å². The molecule has 0 bridgehead atoms. The van der Waals surface area contributed by atoms with Crippen LogP contribution >= 0.6 is 0 Å². The van der Waals surface area contributed by atoms with Crippen LogP contribution < -0.4 is 5.32 Å². The third-order valence-electron chi connectivity index (χ3n) is 9.96. The Bertz CT molecular complexity index is 1580. The largest absolute Gasteiger partial charge is 0.310 e. The van der Waals surface area contributed by atoms with Gasteiger partial charge < -0.3 is 5.32 Å². The van der Waals surface area contributed by atoms with Crippen LogP contribution in [0.5, 0.6) is 0 Å². The summed E-state index contributed by atoms with van der Waals surface area (Å²) in [7, 11) is 0. The summed E-state index contributed by atoms with van der Waals surface area (Å²) >= 11 is 0. The first-order chi connectivity index (χ1) is 22.8. The van der Waals surface area contributed by atoms with Crippen molar-refractivity contribution in [3.63, 3.8) is 0 Å². The summed E-state index contributed by atoms with van der Waals surface area (Å²) in [6.45, 7) is 7.06. The molecule has 46 heavy (non-hydrogen) atoms. The van der Waals surface area contributed by atoms with E-state index < -0.39 is 0 Å². The van der Waals surface area contributed by atoms with Gasteiger partial charge in [0.25, 0.3) is 0 Å². The van der Waals surface area contributed by atoms with Gasteiger partial charge in [-0.25, -0.2) is 4.68 Å². The van der Waals surface area contributed by atoms with Gasteiger partial charge in [0, 0.05) is 51.4 Å². The number of aromatic nitrogens is 2. The van der Waals surface area contributed by atoms with Gasteiger partial charge in [0.1, 0.15) is 0 Å². The minimum Gasteiger partial charge on any atom is -0.310 e.